The van der Waals surface area contributed by atoms with Crippen molar-refractivity contribution >= 4 is 22.5 Å². The molecular formula is C18H18ClN3O2. The van der Waals surface area contributed by atoms with E-state index in [1.165, 1.54) is 0 Å². The summed E-state index contributed by atoms with van der Waals surface area (Å²) in [6.07, 6.45) is 0.698. The molecule has 0 aliphatic rings. The van der Waals surface area contributed by atoms with Crippen LogP contribution in [-0.4, -0.2) is 23.2 Å². The Bertz CT molecular complexity index is 920. The highest BCUT2D eigenvalue weighted by Crippen LogP contribution is 2.23. The van der Waals surface area contributed by atoms with E-state index in [1.807, 2.05) is 24.3 Å². The summed E-state index contributed by atoms with van der Waals surface area (Å²) in [5, 5.41) is 1.10. The molecule has 0 fully saturated rings. The van der Waals surface area contributed by atoms with Gasteiger partial charge >= 0.3 is 0 Å². The van der Waals surface area contributed by atoms with Crippen LogP contribution < -0.4 is 16.0 Å². The molecule has 0 unspecified atom stereocenters. The van der Waals surface area contributed by atoms with Gasteiger partial charge in [-0.05, 0) is 55.4 Å². The Hall–Kier alpha value is -2.37. The summed E-state index contributed by atoms with van der Waals surface area (Å²) >= 11 is 6.05. The summed E-state index contributed by atoms with van der Waals surface area (Å²) in [5.74, 6) is 1.35. The van der Waals surface area contributed by atoms with Crippen LogP contribution in [0.15, 0.2) is 47.3 Å². The van der Waals surface area contributed by atoms with Crippen molar-refractivity contribution in [3.8, 4) is 17.1 Å². The lowest BCUT2D eigenvalue weighted by molar-refractivity contribution is 0.415. The van der Waals surface area contributed by atoms with Crippen molar-refractivity contribution in [3.05, 3.63) is 57.8 Å². The smallest absolute Gasteiger partial charge is 0.261 e. The summed E-state index contributed by atoms with van der Waals surface area (Å²) < 4.78 is 6.86. The first-order chi connectivity index (χ1) is 11.6. The van der Waals surface area contributed by atoms with Gasteiger partial charge in [0, 0.05) is 17.1 Å². The zero-order valence-electron chi connectivity index (χ0n) is 13.3. The molecule has 0 aliphatic heterocycles. The lowest BCUT2D eigenvalue weighted by Gasteiger charge is -2.14. The highest BCUT2D eigenvalue weighted by molar-refractivity contribution is 6.31. The van der Waals surface area contributed by atoms with Gasteiger partial charge in [0.15, 0.2) is 0 Å². The van der Waals surface area contributed by atoms with Crippen molar-refractivity contribution in [2.24, 2.45) is 5.73 Å². The van der Waals surface area contributed by atoms with E-state index < -0.39 is 0 Å². The molecule has 5 nitrogen and oxygen atoms in total. The van der Waals surface area contributed by atoms with Crippen LogP contribution in [0.1, 0.15) is 6.42 Å². The Morgan fingerprint density at radius 3 is 2.62 bits per heavy atom. The van der Waals surface area contributed by atoms with Gasteiger partial charge in [-0.15, -0.1) is 0 Å². The SMILES string of the molecule is COc1ccc(-c2nc3cc(Cl)ccc3c(=O)n2CCCN)cc1. The number of ether oxygens (including phenoxy) is 1. The fourth-order valence-electron chi connectivity index (χ4n) is 2.61. The second kappa shape index (κ2) is 7.03. The van der Waals surface area contributed by atoms with Gasteiger partial charge in [0.2, 0.25) is 0 Å². The van der Waals surface area contributed by atoms with Crippen molar-refractivity contribution in [3.63, 3.8) is 0 Å². The van der Waals surface area contributed by atoms with E-state index in [4.69, 9.17) is 22.1 Å². The number of hydrogen-bond donors (Lipinski definition) is 1. The average molecular weight is 344 g/mol. The molecule has 0 radical (unpaired) electrons. The number of methoxy groups -OCH3 is 1. The second-order valence-corrected chi connectivity index (χ2v) is 5.86. The van der Waals surface area contributed by atoms with Crippen molar-refractivity contribution in [2.75, 3.05) is 13.7 Å². The molecule has 2 aromatic carbocycles. The van der Waals surface area contributed by atoms with Crippen LogP contribution in [0, 0.1) is 0 Å². The number of aromatic nitrogens is 2. The topological polar surface area (TPSA) is 70.1 Å². The number of nitrogens with two attached hydrogens (primary N) is 1. The van der Waals surface area contributed by atoms with Crippen molar-refractivity contribution in [1.29, 1.82) is 0 Å². The standard InChI is InChI=1S/C18H18ClN3O2/c1-24-14-6-3-12(4-7-14)17-21-16-11-13(19)5-8-15(16)18(23)22(17)10-2-9-20/h3-8,11H,2,9-10,20H2,1H3. The molecule has 0 saturated carbocycles. The lowest BCUT2D eigenvalue weighted by Crippen LogP contribution is -2.24. The van der Waals surface area contributed by atoms with Gasteiger partial charge in [0.05, 0.1) is 18.0 Å². The first-order valence-corrected chi connectivity index (χ1v) is 8.06. The Labute approximate surface area is 144 Å². The third kappa shape index (κ3) is 3.13. The summed E-state index contributed by atoms with van der Waals surface area (Å²) in [6, 6.07) is 12.6. The minimum Gasteiger partial charge on any atom is -0.497 e. The largest absolute Gasteiger partial charge is 0.497 e. The van der Waals surface area contributed by atoms with Crippen LogP contribution >= 0.6 is 11.6 Å². The Kier molecular flexibility index (Phi) is 4.83. The molecular weight excluding hydrogens is 326 g/mol. The number of rotatable bonds is 5. The summed E-state index contributed by atoms with van der Waals surface area (Å²) in [4.78, 5) is 17.5. The first kappa shape index (κ1) is 16.5. The number of halogens is 1. The summed E-state index contributed by atoms with van der Waals surface area (Å²) in [6.45, 7) is 1.02. The molecule has 2 N–H and O–H groups in total. The molecule has 0 bridgehead atoms. The molecule has 6 heteroatoms. The molecule has 24 heavy (non-hydrogen) atoms. The Balaban J connectivity index is 2.24. The Morgan fingerprint density at radius 2 is 1.96 bits per heavy atom. The maximum Gasteiger partial charge on any atom is 0.261 e. The third-order valence-electron chi connectivity index (χ3n) is 3.85. The van der Waals surface area contributed by atoms with Crippen LogP contribution in [0.25, 0.3) is 22.3 Å². The average Bonchev–Trinajstić information content (AvgIpc) is 2.60. The van der Waals surface area contributed by atoms with Crippen LogP contribution in [-0.2, 0) is 6.54 Å². The fourth-order valence-corrected chi connectivity index (χ4v) is 2.78. The van der Waals surface area contributed by atoms with E-state index in [1.54, 1.807) is 29.9 Å². The van der Waals surface area contributed by atoms with Gasteiger partial charge in [0.1, 0.15) is 11.6 Å². The molecule has 0 atom stereocenters. The normalized spacial score (nSPS) is 11.0. The molecule has 1 aromatic heterocycles. The zero-order valence-corrected chi connectivity index (χ0v) is 14.1. The van der Waals surface area contributed by atoms with E-state index in [2.05, 4.69) is 4.98 Å². The van der Waals surface area contributed by atoms with Gasteiger partial charge in [-0.25, -0.2) is 4.98 Å². The fraction of sp³-hybridized carbons (Fsp3) is 0.222. The van der Waals surface area contributed by atoms with Crippen LogP contribution in [0.4, 0.5) is 0 Å². The quantitative estimate of drug-likeness (QED) is 0.773. The van der Waals surface area contributed by atoms with Gasteiger partial charge in [-0.1, -0.05) is 11.6 Å². The maximum absolute atomic E-state index is 12.9. The number of hydrogen-bond acceptors (Lipinski definition) is 4. The molecule has 3 rings (SSSR count). The zero-order chi connectivity index (χ0) is 17.1. The van der Waals surface area contributed by atoms with Crippen LogP contribution in [0.2, 0.25) is 5.02 Å². The number of benzene rings is 2. The van der Waals surface area contributed by atoms with Gasteiger partial charge in [0.25, 0.3) is 5.56 Å². The minimum absolute atomic E-state index is 0.0871. The van der Waals surface area contributed by atoms with E-state index in [0.717, 1.165) is 11.3 Å². The van der Waals surface area contributed by atoms with Crippen molar-refractivity contribution < 1.29 is 4.74 Å². The number of nitrogens with zero attached hydrogens (tertiary/aromatic N) is 2. The highest BCUT2D eigenvalue weighted by Gasteiger charge is 2.13. The highest BCUT2D eigenvalue weighted by atomic mass is 35.5. The molecule has 1 heterocycles. The molecule has 124 valence electrons. The van der Waals surface area contributed by atoms with Crippen LogP contribution in [0.3, 0.4) is 0 Å². The van der Waals surface area contributed by atoms with Crippen LogP contribution in [0.5, 0.6) is 5.75 Å². The minimum atomic E-state index is -0.0871. The predicted octanol–water partition coefficient (Wildman–Crippen LogP) is 3.07. The predicted molar refractivity (Wildman–Crippen MR) is 96.7 cm³/mol. The summed E-state index contributed by atoms with van der Waals surface area (Å²) in [5.41, 5.74) is 6.95. The van der Waals surface area contributed by atoms with Crippen molar-refractivity contribution in [1.82, 2.24) is 9.55 Å². The maximum atomic E-state index is 12.9. The lowest BCUT2D eigenvalue weighted by atomic mass is 10.1. The van der Waals surface area contributed by atoms with E-state index >= 15 is 0 Å². The van der Waals surface area contributed by atoms with E-state index in [-0.39, 0.29) is 5.56 Å². The molecule has 3 aromatic rings. The first-order valence-electron chi connectivity index (χ1n) is 7.68. The van der Waals surface area contributed by atoms with Crippen molar-refractivity contribution in [2.45, 2.75) is 13.0 Å². The molecule has 0 saturated heterocycles. The Morgan fingerprint density at radius 1 is 1.21 bits per heavy atom. The molecule has 0 aliphatic carbocycles. The third-order valence-corrected chi connectivity index (χ3v) is 4.09. The van der Waals surface area contributed by atoms with Gasteiger partial charge in [-0.3, -0.25) is 9.36 Å². The molecule has 0 spiro atoms. The summed E-state index contributed by atoms with van der Waals surface area (Å²) in [7, 11) is 1.61. The van der Waals surface area contributed by atoms with Gasteiger partial charge in [-0.2, -0.15) is 0 Å². The monoisotopic (exact) mass is 343 g/mol. The number of fused-ring (bicyclic) bond motifs is 1. The molecule has 0 amide bonds. The van der Waals surface area contributed by atoms with E-state index in [9.17, 15) is 4.79 Å². The van der Waals surface area contributed by atoms with E-state index in [0.29, 0.717) is 41.3 Å². The van der Waals surface area contributed by atoms with Gasteiger partial charge < -0.3 is 10.5 Å². The second-order valence-electron chi connectivity index (χ2n) is 5.42.